The molecule has 0 N–H and O–H groups in total. The lowest BCUT2D eigenvalue weighted by atomic mass is 10.0. The van der Waals surface area contributed by atoms with Crippen molar-refractivity contribution in [2.45, 2.75) is 19.8 Å². The minimum absolute atomic E-state index is 0.0630. The average Bonchev–Trinajstić information content (AvgIpc) is 2.53. The molecule has 0 saturated heterocycles. The summed E-state index contributed by atoms with van der Waals surface area (Å²) in [6, 6.07) is 12.8. The third-order valence-electron chi connectivity index (χ3n) is 3.17. The van der Waals surface area contributed by atoms with Crippen molar-refractivity contribution in [2.75, 3.05) is 6.61 Å². The number of hydrogen-bond donors (Lipinski definition) is 0. The van der Waals surface area contributed by atoms with Crippen LogP contribution in [0.15, 0.2) is 48.5 Å². The van der Waals surface area contributed by atoms with Crippen molar-refractivity contribution in [1.82, 2.24) is 0 Å². The van der Waals surface area contributed by atoms with E-state index in [0.29, 0.717) is 5.75 Å². The molecule has 6 heteroatoms. The highest BCUT2D eigenvalue weighted by atomic mass is 16.6. The molecular formula is C17H17NO5. The molecule has 2 rings (SSSR count). The maximum atomic E-state index is 11.8. The maximum absolute atomic E-state index is 11.8. The molecule has 6 nitrogen and oxygen atoms in total. The van der Waals surface area contributed by atoms with Crippen molar-refractivity contribution in [2.24, 2.45) is 0 Å². The first kappa shape index (κ1) is 16.5. The molecule has 2 aromatic rings. The number of carbonyl (C=O) groups excluding carboxylic acids is 1. The molecule has 0 unspecified atom stereocenters. The van der Waals surface area contributed by atoms with Gasteiger partial charge < -0.3 is 9.47 Å². The van der Waals surface area contributed by atoms with Crippen LogP contribution >= 0.6 is 0 Å². The predicted octanol–water partition coefficient (Wildman–Crippen LogP) is 3.70. The van der Waals surface area contributed by atoms with Crippen molar-refractivity contribution in [3.63, 3.8) is 0 Å². The highest BCUT2D eigenvalue weighted by Crippen LogP contribution is 2.25. The van der Waals surface area contributed by atoms with Crippen molar-refractivity contribution in [3.05, 3.63) is 64.2 Å². The molecule has 0 aliphatic carbocycles. The number of nitro groups is 1. The van der Waals surface area contributed by atoms with Crippen LogP contribution in [0.3, 0.4) is 0 Å². The Balaban J connectivity index is 1.94. The summed E-state index contributed by atoms with van der Waals surface area (Å²) in [6.45, 7) is 3.84. The van der Waals surface area contributed by atoms with Gasteiger partial charge in [0.1, 0.15) is 11.5 Å². The molecule has 0 saturated carbocycles. The van der Waals surface area contributed by atoms with Crippen molar-refractivity contribution >= 4 is 11.7 Å². The Bertz CT molecular complexity index is 694. The second-order valence-electron chi connectivity index (χ2n) is 5.21. The quantitative estimate of drug-likeness (QED) is 0.351. The van der Waals surface area contributed by atoms with Gasteiger partial charge in [-0.3, -0.25) is 10.1 Å². The minimum atomic E-state index is -0.572. The maximum Gasteiger partial charge on any atom is 0.349 e. The average molecular weight is 315 g/mol. The number of benzene rings is 2. The number of para-hydroxylation sites is 1. The summed E-state index contributed by atoms with van der Waals surface area (Å²) in [7, 11) is 0. The van der Waals surface area contributed by atoms with E-state index in [1.54, 1.807) is 6.07 Å². The number of hydrogen-bond acceptors (Lipinski definition) is 5. The second kappa shape index (κ2) is 7.40. The number of ether oxygens (including phenoxy) is 2. The first-order chi connectivity index (χ1) is 11.0. The Kier molecular flexibility index (Phi) is 5.30. The van der Waals surface area contributed by atoms with Crippen LogP contribution < -0.4 is 9.47 Å². The van der Waals surface area contributed by atoms with Gasteiger partial charge in [0.05, 0.1) is 4.92 Å². The van der Waals surface area contributed by atoms with Crippen LogP contribution in [0.2, 0.25) is 0 Å². The van der Waals surface area contributed by atoms with Crippen LogP contribution in [-0.2, 0) is 4.79 Å². The largest absolute Gasteiger partial charge is 0.482 e. The van der Waals surface area contributed by atoms with Gasteiger partial charge in [-0.05, 0) is 29.7 Å². The molecule has 0 fully saturated rings. The van der Waals surface area contributed by atoms with Crippen LogP contribution in [-0.4, -0.2) is 17.5 Å². The van der Waals surface area contributed by atoms with Gasteiger partial charge in [-0.15, -0.1) is 0 Å². The standard InChI is InChI=1S/C17H17NO5/c1-12(2)15-5-3-4-6-16(15)22-11-17(19)23-14-9-7-13(8-10-14)18(20)21/h3-10,12H,11H2,1-2H3. The molecule has 0 aliphatic heterocycles. The van der Waals surface area contributed by atoms with E-state index in [1.807, 2.05) is 32.0 Å². The Morgan fingerprint density at radius 3 is 2.39 bits per heavy atom. The van der Waals surface area contributed by atoms with Crippen LogP contribution in [0.4, 0.5) is 5.69 Å². The van der Waals surface area contributed by atoms with Gasteiger partial charge in [0, 0.05) is 12.1 Å². The smallest absolute Gasteiger partial charge is 0.349 e. The van der Waals surface area contributed by atoms with Crippen molar-refractivity contribution in [3.8, 4) is 11.5 Å². The minimum Gasteiger partial charge on any atom is -0.482 e. The topological polar surface area (TPSA) is 78.7 Å². The summed E-state index contributed by atoms with van der Waals surface area (Å²) in [6.07, 6.45) is 0. The lowest BCUT2D eigenvalue weighted by molar-refractivity contribution is -0.384. The number of rotatable bonds is 6. The van der Waals surface area contributed by atoms with E-state index in [0.717, 1.165) is 5.56 Å². The summed E-state index contributed by atoms with van der Waals surface area (Å²) >= 11 is 0. The highest BCUT2D eigenvalue weighted by Gasteiger charge is 2.11. The third kappa shape index (κ3) is 4.54. The summed E-state index contributed by atoms with van der Waals surface area (Å²) < 4.78 is 10.6. The zero-order valence-corrected chi connectivity index (χ0v) is 12.9. The number of carbonyl (C=O) groups is 1. The van der Waals surface area contributed by atoms with E-state index in [2.05, 4.69) is 0 Å². The fourth-order valence-electron chi connectivity index (χ4n) is 2.02. The van der Waals surface area contributed by atoms with Gasteiger partial charge in [-0.25, -0.2) is 4.79 Å². The van der Waals surface area contributed by atoms with Crippen molar-refractivity contribution in [1.29, 1.82) is 0 Å². The molecule has 0 atom stereocenters. The van der Waals surface area contributed by atoms with Gasteiger partial charge in [-0.1, -0.05) is 32.0 Å². The van der Waals surface area contributed by atoms with Gasteiger partial charge in [0.2, 0.25) is 0 Å². The lowest BCUT2D eigenvalue weighted by Gasteiger charge is -2.13. The molecule has 0 spiro atoms. The van der Waals surface area contributed by atoms with E-state index in [-0.39, 0.29) is 24.0 Å². The molecule has 0 aliphatic rings. The van der Waals surface area contributed by atoms with Gasteiger partial charge >= 0.3 is 5.97 Å². The monoisotopic (exact) mass is 315 g/mol. The normalized spacial score (nSPS) is 10.4. The third-order valence-corrected chi connectivity index (χ3v) is 3.17. The molecule has 120 valence electrons. The summed E-state index contributed by atoms with van der Waals surface area (Å²) in [5.74, 6) is 0.582. The number of esters is 1. The molecule has 23 heavy (non-hydrogen) atoms. The van der Waals surface area contributed by atoms with E-state index < -0.39 is 10.9 Å². The van der Waals surface area contributed by atoms with E-state index in [1.165, 1.54) is 24.3 Å². The van der Waals surface area contributed by atoms with Gasteiger partial charge in [0.15, 0.2) is 6.61 Å². The van der Waals surface area contributed by atoms with Gasteiger partial charge in [0.25, 0.3) is 5.69 Å². The Labute approximate surface area is 133 Å². The number of nitro benzene ring substituents is 1. The first-order valence-electron chi connectivity index (χ1n) is 7.14. The van der Waals surface area contributed by atoms with Crippen molar-refractivity contribution < 1.29 is 19.2 Å². The van der Waals surface area contributed by atoms with E-state index in [9.17, 15) is 14.9 Å². The molecule has 0 radical (unpaired) electrons. The summed E-state index contributed by atoms with van der Waals surface area (Å²) in [5, 5.41) is 10.6. The molecule has 0 amide bonds. The second-order valence-corrected chi connectivity index (χ2v) is 5.21. The lowest BCUT2D eigenvalue weighted by Crippen LogP contribution is -2.18. The summed E-state index contributed by atoms with van der Waals surface area (Å²) in [4.78, 5) is 21.8. The van der Waals surface area contributed by atoms with Crippen LogP contribution in [0.1, 0.15) is 25.3 Å². The van der Waals surface area contributed by atoms with Crippen LogP contribution in [0.5, 0.6) is 11.5 Å². The highest BCUT2D eigenvalue weighted by molar-refractivity contribution is 5.74. The Hall–Kier alpha value is -2.89. The zero-order chi connectivity index (χ0) is 16.8. The molecule has 0 heterocycles. The summed E-state index contributed by atoms with van der Waals surface area (Å²) in [5.41, 5.74) is 0.947. The fourth-order valence-corrected chi connectivity index (χ4v) is 2.02. The number of nitrogens with zero attached hydrogens (tertiary/aromatic N) is 1. The van der Waals surface area contributed by atoms with Gasteiger partial charge in [-0.2, -0.15) is 0 Å². The zero-order valence-electron chi connectivity index (χ0n) is 12.9. The van der Waals surface area contributed by atoms with E-state index >= 15 is 0 Å². The predicted molar refractivity (Wildman–Crippen MR) is 84.8 cm³/mol. The number of non-ortho nitro benzene ring substituents is 1. The Morgan fingerprint density at radius 1 is 1.13 bits per heavy atom. The molecule has 2 aromatic carbocycles. The fraction of sp³-hybridized carbons (Fsp3) is 0.235. The van der Waals surface area contributed by atoms with Crippen LogP contribution in [0, 0.1) is 10.1 Å². The molecular weight excluding hydrogens is 298 g/mol. The molecule has 0 aromatic heterocycles. The first-order valence-corrected chi connectivity index (χ1v) is 7.14. The van der Waals surface area contributed by atoms with E-state index in [4.69, 9.17) is 9.47 Å². The Morgan fingerprint density at radius 2 is 1.78 bits per heavy atom. The molecule has 0 bridgehead atoms. The SMILES string of the molecule is CC(C)c1ccccc1OCC(=O)Oc1ccc([N+](=O)[O-])cc1. The van der Waals surface area contributed by atoms with Crippen LogP contribution in [0.25, 0.3) is 0 Å².